The molecule has 4 nitrogen and oxygen atoms in total. The van der Waals surface area contributed by atoms with Crippen molar-refractivity contribution in [2.75, 3.05) is 12.4 Å². The number of aliphatic hydroxyl groups excluding tert-OH is 1. The van der Waals surface area contributed by atoms with Gasteiger partial charge in [-0.05, 0) is 56.4 Å². The molecule has 1 saturated carbocycles. The first kappa shape index (κ1) is 13.9. The Kier molecular flexibility index (Phi) is 4.43. The molecule has 0 radical (unpaired) electrons. The molecule has 1 aromatic carbocycles. The van der Waals surface area contributed by atoms with E-state index in [0.29, 0.717) is 0 Å². The van der Waals surface area contributed by atoms with E-state index in [1.54, 1.807) is 0 Å². The van der Waals surface area contributed by atoms with Gasteiger partial charge in [0.25, 0.3) is 5.91 Å². The van der Waals surface area contributed by atoms with Crippen molar-refractivity contribution in [1.29, 1.82) is 0 Å². The normalized spacial score (nSPS) is 22.9. The summed E-state index contributed by atoms with van der Waals surface area (Å²) in [5.41, 5.74) is 2.71. The molecule has 1 aliphatic rings. The minimum atomic E-state index is -0.190. The highest BCUT2D eigenvalue weighted by Gasteiger charge is 2.21. The zero-order chi connectivity index (χ0) is 13.8. The summed E-state index contributed by atoms with van der Waals surface area (Å²) in [6.07, 6.45) is 3.09. The largest absolute Gasteiger partial charge is 0.393 e. The Hall–Kier alpha value is -1.55. The molecule has 104 valence electrons. The van der Waals surface area contributed by atoms with Gasteiger partial charge in [-0.2, -0.15) is 0 Å². The van der Waals surface area contributed by atoms with Crippen molar-refractivity contribution >= 4 is 11.6 Å². The number of carbonyl (C=O) groups is 1. The van der Waals surface area contributed by atoms with E-state index < -0.39 is 0 Å². The highest BCUT2D eigenvalue weighted by Crippen LogP contribution is 2.20. The topological polar surface area (TPSA) is 61.4 Å². The molecule has 1 fully saturated rings. The number of aliphatic hydroxyl groups is 1. The predicted octanol–water partition coefficient (Wildman–Crippen LogP) is 2.07. The number of carbonyl (C=O) groups excluding carboxylic acids is 1. The summed E-state index contributed by atoms with van der Waals surface area (Å²) in [5.74, 6) is -0.0125. The first-order valence-electron chi connectivity index (χ1n) is 6.87. The molecular formula is C15H22N2O2. The van der Waals surface area contributed by atoms with E-state index in [2.05, 4.69) is 10.6 Å². The Labute approximate surface area is 114 Å². The van der Waals surface area contributed by atoms with Crippen molar-refractivity contribution in [3.05, 3.63) is 29.3 Å². The fraction of sp³-hybridized carbons (Fsp3) is 0.533. The van der Waals surface area contributed by atoms with Gasteiger partial charge in [0.05, 0.1) is 6.10 Å². The predicted molar refractivity (Wildman–Crippen MR) is 76.5 cm³/mol. The third-order valence-corrected chi connectivity index (χ3v) is 3.79. The Bertz CT molecular complexity index is 451. The summed E-state index contributed by atoms with van der Waals surface area (Å²) in [7, 11) is 1.86. The van der Waals surface area contributed by atoms with Crippen molar-refractivity contribution in [3.8, 4) is 0 Å². The first-order valence-corrected chi connectivity index (χ1v) is 6.87. The van der Waals surface area contributed by atoms with Gasteiger partial charge in [0, 0.05) is 24.3 Å². The molecule has 0 unspecified atom stereocenters. The van der Waals surface area contributed by atoms with Gasteiger partial charge in [0.15, 0.2) is 0 Å². The number of amides is 1. The van der Waals surface area contributed by atoms with Crippen LogP contribution in [0.4, 0.5) is 5.69 Å². The molecule has 0 heterocycles. The molecule has 1 amide bonds. The van der Waals surface area contributed by atoms with Crippen molar-refractivity contribution in [2.24, 2.45) is 0 Å². The van der Waals surface area contributed by atoms with Crippen LogP contribution in [0.1, 0.15) is 41.6 Å². The third-order valence-electron chi connectivity index (χ3n) is 3.79. The lowest BCUT2D eigenvalue weighted by molar-refractivity contribution is 0.0867. The number of hydrogen-bond donors (Lipinski definition) is 3. The highest BCUT2D eigenvalue weighted by molar-refractivity contribution is 5.96. The van der Waals surface area contributed by atoms with E-state index in [-0.39, 0.29) is 18.1 Å². The molecule has 3 N–H and O–H groups in total. The Morgan fingerprint density at radius 2 is 1.95 bits per heavy atom. The number of aryl methyl sites for hydroxylation is 1. The van der Waals surface area contributed by atoms with E-state index in [4.69, 9.17) is 0 Å². The first-order chi connectivity index (χ1) is 9.10. The van der Waals surface area contributed by atoms with E-state index in [1.165, 1.54) is 0 Å². The van der Waals surface area contributed by atoms with Crippen LogP contribution in [0.15, 0.2) is 18.2 Å². The number of nitrogens with one attached hydrogen (secondary N) is 2. The molecule has 0 atom stereocenters. The maximum absolute atomic E-state index is 12.2. The van der Waals surface area contributed by atoms with Crippen molar-refractivity contribution in [1.82, 2.24) is 5.32 Å². The maximum Gasteiger partial charge on any atom is 0.251 e. The van der Waals surface area contributed by atoms with E-state index >= 15 is 0 Å². The second-order valence-electron chi connectivity index (χ2n) is 5.26. The zero-order valence-corrected chi connectivity index (χ0v) is 11.6. The molecule has 0 spiro atoms. The highest BCUT2D eigenvalue weighted by atomic mass is 16.3. The molecule has 0 aromatic heterocycles. The third kappa shape index (κ3) is 3.47. The van der Waals surface area contributed by atoms with Crippen LogP contribution in [0.2, 0.25) is 0 Å². The van der Waals surface area contributed by atoms with Crippen LogP contribution in [0.5, 0.6) is 0 Å². The smallest absolute Gasteiger partial charge is 0.251 e. The summed E-state index contributed by atoms with van der Waals surface area (Å²) in [5, 5.41) is 15.6. The Morgan fingerprint density at radius 1 is 1.26 bits per heavy atom. The summed E-state index contributed by atoms with van der Waals surface area (Å²) >= 11 is 0. The van der Waals surface area contributed by atoms with Gasteiger partial charge in [-0.25, -0.2) is 0 Å². The van der Waals surface area contributed by atoms with Gasteiger partial charge in [-0.3, -0.25) is 4.79 Å². The van der Waals surface area contributed by atoms with Crippen molar-refractivity contribution in [3.63, 3.8) is 0 Å². The van der Waals surface area contributed by atoms with E-state index in [1.807, 2.05) is 32.2 Å². The van der Waals surface area contributed by atoms with Crippen LogP contribution in [0.3, 0.4) is 0 Å². The molecule has 0 bridgehead atoms. The van der Waals surface area contributed by atoms with Gasteiger partial charge >= 0.3 is 0 Å². The van der Waals surface area contributed by atoms with E-state index in [9.17, 15) is 9.90 Å². The standard InChI is InChI=1S/C15H22N2O2/c1-10-9-12(16-2)5-8-14(10)15(19)17-11-3-6-13(18)7-4-11/h5,8-9,11,13,16,18H,3-4,6-7H2,1-2H3,(H,17,19). The second kappa shape index (κ2) is 6.06. The summed E-state index contributed by atoms with van der Waals surface area (Å²) in [6.45, 7) is 1.94. The molecule has 1 aromatic rings. The Balaban J connectivity index is 2.00. The lowest BCUT2D eigenvalue weighted by Gasteiger charge is -2.26. The van der Waals surface area contributed by atoms with Crippen molar-refractivity contribution < 1.29 is 9.90 Å². The van der Waals surface area contributed by atoms with Crippen LogP contribution in [0, 0.1) is 6.92 Å². The van der Waals surface area contributed by atoms with Crippen molar-refractivity contribution in [2.45, 2.75) is 44.8 Å². The Morgan fingerprint density at radius 3 is 2.53 bits per heavy atom. The lowest BCUT2D eigenvalue weighted by Crippen LogP contribution is -2.38. The summed E-state index contributed by atoms with van der Waals surface area (Å²) in [6, 6.07) is 5.93. The second-order valence-corrected chi connectivity index (χ2v) is 5.26. The molecule has 0 saturated heterocycles. The number of rotatable bonds is 3. The van der Waals surface area contributed by atoms with Gasteiger partial charge < -0.3 is 15.7 Å². The molecule has 2 rings (SSSR count). The van der Waals surface area contributed by atoms with Gasteiger partial charge in [0.2, 0.25) is 0 Å². The monoisotopic (exact) mass is 262 g/mol. The fourth-order valence-corrected chi connectivity index (χ4v) is 2.56. The maximum atomic E-state index is 12.2. The molecule has 1 aliphatic carbocycles. The van der Waals surface area contributed by atoms with Gasteiger partial charge in [-0.15, -0.1) is 0 Å². The zero-order valence-electron chi connectivity index (χ0n) is 11.6. The van der Waals surface area contributed by atoms with Crippen LogP contribution in [-0.2, 0) is 0 Å². The number of anilines is 1. The molecule has 0 aliphatic heterocycles. The molecular weight excluding hydrogens is 240 g/mol. The van der Waals surface area contributed by atoms with Gasteiger partial charge in [-0.1, -0.05) is 0 Å². The van der Waals surface area contributed by atoms with E-state index in [0.717, 1.165) is 42.5 Å². The molecule has 19 heavy (non-hydrogen) atoms. The fourth-order valence-electron chi connectivity index (χ4n) is 2.56. The molecule has 4 heteroatoms. The lowest BCUT2D eigenvalue weighted by atomic mass is 9.93. The summed E-state index contributed by atoms with van der Waals surface area (Å²) < 4.78 is 0. The average Bonchev–Trinajstić information content (AvgIpc) is 2.41. The average molecular weight is 262 g/mol. The number of hydrogen-bond acceptors (Lipinski definition) is 3. The van der Waals surface area contributed by atoms with Crippen LogP contribution < -0.4 is 10.6 Å². The number of benzene rings is 1. The SMILES string of the molecule is CNc1ccc(C(=O)NC2CCC(O)CC2)c(C)c1. The quantitative estimate of drug-likeness (QED) is 0.781. The minimum absolute atomic E-state index is 0.0125. The van der Waals surface area contributed by atoms with Gasteiger partial charge in [0.1, 0.15) is 0 Å². The van der Waals surface area contributed by atoms with Crippen LogP contribution in [-0.4, -0.2) is 30.2 Å². The van der Waals surface area contributed by atoms with Crippen LogP contribution >= 0.6 is 0 Å². The minimum Gasteiger partial charge on any atom is -0.393 e. The summed E-state index contributed by atoms with van der Waals surface area (Å²) in [4.78, 5) is 12.2. The van der Waals surface area contributed by atoms with Crippen LogP contribution in [0.25, 0.3) is 0 Å².